The maximum atomic E-state index is 3.69. The SMILES string of the molecule is CCc1cccc2c1NC(C)C(CCNC)S2. The van der Waals surface area contributed by atoms with Gasteiger partial charge in [0.2, 0.25) is 0 Å². The first-order valence-electron chi connectivity index (χ1n) is 6.46. The van der Waals surface area contributed by atoms with Gasteiger partial charge in [0.1, 0.15) is 0 Å². The average molecular weight is 250 g/mol. The van der Waals surface area contributed by atoms with E-state index >= 15 is 0 Å². The second-order valence-corrected chi connectivity index (χ2v) is 5.91. The van der Waals surface area contributed by atoms with Crippen LogP contribution in [0.2, 0.25) is 0 Å². The smallest absolute Gasteiger partial charge is 0.0513 e. The van der Waals surface area contributed by atoms with Crippen LogP contribution in [-0.2, 0) is 6.42 Å². The Bertz CT molecular complexity index is 378. The van der Waals surface area contributed by atoms with E-state index in [-0.39, 0.29) is 0 Å². The van der Waals surface area contributed by atoms with E-state index in [4.69, 9.17) is 0 Å². The molecule has 2 atom stereocenters. The Morgan fingerprint density at radius 3 is 2.94 bits per heavy atom. The quantitative estimate of drug-likeness (QED) is 0.858. The van der Waals surface area contributed by atoms with Crippen LogP contribution in [0.4, 0.5) is 5.69 Å². The number of hydrogen-bond donors (Lipinski definition) is 2. The van der Waals surface area contributed by atoms with E-state index in [0.717, 1.165) is 13.0 Å². The summed E-state index contributed by atoms with van der Waals surface area (Å²) in [7, 11) is 2.02. The number of nitrogens with one attached hydrogen (secondary N) is 2. The molecule has 0 amide bonds. The van der Waals surface area contributed by atoms with Crippen molar-refractivity contribution in [3.05, 3.63) is 23.8 Å². The van der Waals surface area contributed by atoms with Gasteiger partial charge in [-0.1, -0.05) is 19.1 Å². The average Bonchev–Trinajstić information content (AvgIpc) is 2.35. The summed E-state index contributed by atoms with van der Waals surface area (Å²) < 4.78 is 0. The largest absolute Gasteiger partial charge is 0.380 e. The molecule has 0 aromatic heterocycles. The molecule has 2 N–H and O–H groups in total. The molecule has 1 aromatic carbocycles. The van der Waals surface area contributed by atoms with Gasteiger partial charge in [-0.3, -0.25) is 0 Å². The third-order valence-corrected chi connectivity index (χ3v) is 4.92. The van der Waals surface area contributed by atoms with Gasteiger partial charge in [-0.05, 0) is 45.0 Å². The van der Waals surface area contributed by atoms with Gasteiger partial charge < -0.3 is 10.6 Å². The first kappa shape index (κ1) is 12.8. The molecule has 0 aliphatic carbocycles. The zero-order valence-corrected chi connectivity index (χ0v) is 11.7. The van der Waals surface area contributed by atoms with E-state index in [9.17, 15) is 0 Å². The lowest BCUT2D eigenvalue weighted by atomic mass is 10.1. The van der Waals surface area contributed by atoms with Crippen LogP contribution >= 0.6 is 11.8 Å². The minimum atomic E-state index is 0.550. The van der Waals surface area contributed by atoms with Gasteiger partial charge in [0.25, 0.3) is 0 Å². The molecule has 0 radical (unpaired) electrons. The molecule has 2 unspecified atom stereocenters. The zero-order chi connectivity index (χ0) is 12.3. The minimum absolute atomic E-state index is 0.550. The lowest BCUT2D eigenvalue weighted by Gasteiger charge is -2.33. The molecular weight excluding hydrogens is 228 g/mol. The van der Waals surface area contributed by atoms with Gasteiger partial charge in [0.15, 0.2) is 0 Å². The highest BCUT2D eigenvalue weighted by atomic mass is 32.2. The normalized spacial score (nSPS) is 23.0. The summed E-state index contributed by atoms with van der Waals surface area (Å²) >= 11 is 2.03. The number of rotatable bonds is 4. The van der Waals surface area contributed by atoms with Crippen molar-refractivity contribution in [3.8, 4) is 0 Å². The zero-order valence-electron chi connectivity index (χ0n) is 10.9. The van der Waals surface area contributed by atoms with Crippen molar-refractivity contribution in [2.24, 2.45) is 0 Å². The molecule has 94 valence electrons. The number of para-hydroxylation sites is 1. The predicted molar refractivity (Wildman–Crippen MR) is 77.1 cm³/mol. The second-order valence-electron chi connectivity index (χ2n) is 4.63. The van der Waals surface area contributed by atoms with Crippen LogP contribution in [0.5, 0.6) is 0 Å². The maximum Gasteiger partial charge on any atom is 0.0513 e. The summed E-state index contributed by atoms with van der Waals surface area (Å²) in [6.07, 6.45) is 2.32. The Labute approximate surface area is 109 Å². The maximum absolute atomic E-state index is 3.69. The number of aryl methyl sites for hydroxylation is 1. The van der Waals surface area contributed by atoms with E-state index in [1.165, 1.54) is 22.6 Å². The molecule has 0 fully saturated rings. The third kappa shape index (κ3) is 2.78. The van der Waals surface area contributed by atoms with Crippen molar-refractivity contribution >= 4 is 17.4 Å². The molecule has 0 bridgehead atoms. The molecule has 3 heteroatoms. The molecule has 0 spiro atoms. The molecular formula is C14H22N2S. The molecule has 2 nitrogen and oxygen atoms in total. The lowest BCUT2D eigenvalue weighted by Crippen LogP contribution is -2.34. The number of hydrogen-bond acceptors (Lipinski definition) is 3. The van der Waals surface area contributed by atoms with Crippen molar-refractivity contribution < 1.29 is 0 Å². The van der Waals surface area contributed by atoms with Crippen molar-refractivity contribution in [2.45, 2.75) is 42.9 Å². The fraction of sp³-hybridized carbons (Fsp3) is 0.571. The fourth-order valence-electron chi connectivity index (χ4n) is 2.31. The second kappa shape index (κ2) is 5.78. The molecule has 1 aromatic rings. The van der Waals surface area contributed by atoms with E-state index in [2.05, 4.69) is 42.7 Å². The van der Waals surface area contributed by atoms with Crippen LogP contribution < -0.4 is 10.6 Å². The topological polar surface area (TPSA) is 24.1 Å². The van der Waals surface area contributed by atoms with Crippen LogP contribution in [0.1, 0.15) is 25.8 Å². The molecule has 2 rings (SSSR count). The Morgan fingerprint density at radius 1 is 1.41 bits per heavy atom. The minimum Gasteiger partial charge on any atom is -0.380 e. The highest BCUT2D eigenvalue weighted by Gasteiger charge is 2.26. The van der Waals surface area contributed by atoms with Gasteiger partial charge in [0, 0.05) is 16.2 Å². The Balaban J connectivity index is 2.17. The number of anilines is 1. The monoisotopic (exact) mass is 250 g/mol. The number of benzene rings is 1. The standard InChI is InChI=1S/C14H22N2S/c1-4-11-6-5-7-13-14(11)16-10(2)12(17-13)8-9-15-3/h5-7,10,12,15-16H,4,8-9H2,1-3H3. The van der Waals surface area contributed by atoms with Crippen molar-refractivity contribution in [1.82, 2.24) is 5.32 Å². The van der Waals surface area contributed by atoms with Gasteiger partial charge in [0.05, 0.1) is 5.69 Å². The van der Waals surface area contributed by atoms with Gasteiger partial charge in [-0.15, -0.1) is 11.8 Å². The molecule has 1 aliphatic heterocycles. The lowest BCUT2D eigenvalue weighted by molar-refractivity contribution is 0.633. The summed E-state index contributed by atoms with van der Waals surface area (Å²) in [5.41, 5.74) is 2.81. The fourth-order valence-corrected chi connectivity index (χ4v) is 3.61. The van der Waals surface area contributed by atoms with Crippen molar-refractivity contribution in [2.75, 3.05) is 18.9 Å². The predicted octanol–water partition coefficient (Wildman–Crippen LogP) is 3.13. The Morgan fingerprint density at radius 2 is 2.24 bits per heavy atom. The first-order chi connectivity index (χ1) is 8.26. The summed E-state index contributed by atoms with van der Waals surface area (Å²) in [5.74, 6) is 0. The summed E-state index contributed by atoms with van der Waals surface area (Å²) in [6, 6.07) is 7.20. The summed E-state index contributed by atoms with van der Waals surface area (Å²) in [5, 5.41) is 7.60. The highest BCUT2D eigenvalue weighted by Crippen LogP contribution is 2.40. The number of fused-ring (bicyclic) bond motifs is 1. The Kier molecular flexibility index (Phi) is 4.35. The summed E-state index contributed by atoms with van der Waals surface area (Å²) in [4.78, 5) is 1.42. The molecule has 0 saturated carbocycles. The van der Waals surface area contributed by atoms with Gasteiger partial charge in [-0.25, -0.2) is 0 Å². The van der Waals surface area contributed by atoms with Crippen LogP contribution in [0.15, 0.2) is 23.1 Å². The molecule has 17 heavy (non-hydrogen) atoms. The van der Waals surface area contributed by atoms with Gasteiger partial charge >= 0.3 is 0 Å². The van der Waals surface area contributed by atoms with E-state index in [1.54, 1.807) is 0 Å². The summed E-state index contributed by atoms with van der Waals surface area (Å²) in [6.45, 7) is 5.61. The molecule has 0 saturated heterocycles. The van der Waals surface area contributed by atoms with E-state index in [1.807, 2.05) is 18.8 Å². The van der Waals surface area contributed by atoms with E-state index in [0.29, 0.717) is 11.3 Å². The van der Waals surface area contributed by atoms with Crippen LogP contribution in [-0.4, -0.2) is 24.9 Å². The van der Waals surface area contributed by atoms with Gasteiger partial charge in [-0.2, -0.15) is 0 Å². The number of thioether (sulfide) groups is 1. The third-order valence-electron chi connectivity index (χ3n) is 3.38. The van der Waals surface area contributed by atoms with Crippen molar-refractivity contribution in [1.29, 1.82) is 0 Å². The van der Waals surface area contributed by atoms with Crippen molar-refractivity contribution in [3.63, 3.8) is 0 Å². The van der Waals surface area contributed by atoms with Crippen LogP contribution in [0.3, 0.4) is 0 Å². The van der Waals surface area contributed by atoms with Crippen LogP contribution in [0.25, 0.3) is 0 Å². The highest BCUT2D eigenvalue weighted by molar-refractivity contribution is 8.00. The molecule has 1 aliphatic rings. The van der Waals surface area contributed by atoms with E-state index < -0.39 is 0 Å². The Hall–Kier alpha value is -0.670. The first-order valence-corrected chi connectivity index (χ1v) is 7.34. The van der Waals surface area contributed by atoms with Crippen LogP contribution in [0, 0.1) is 0 Å². The molecule has 1 heterocycles.